The molecule has 1 saturated heterocycles. The fraction of sp³-hybridized carbons (Fsp3) is 0.833. The van der Waals surface area contributed by atoms with E-state index in [1.165, 1.54) is 0 Å². The van der Waals surface area contributed by atoms with Crippen molar-refractivity contribution in [3.05, 3.63) is 0 Å². The first kappa shape index (κ1) is 14.0. The third-order valence-corrected chi connectivity index (χ3v) is 3.60. The third-order valence-electron chi connectivity index (χ3n) is 3.60. The molecular weight excluding hydrogens is 220 g/mol. The molecule has 0 spiro atoms. The molecule has 17 heavy (non-hydrogen) atoms. The third kappa shape index (κ3) is 3.19. The largest absolute Gasteiger partial charge is 0.481 e. The van der Waals surface area contributed by atoms with E-state index in [0.717, 1.165) is 0 Å². The van der Waals surface area contributed by atoms with Crippen LogP contribution in [0.3, 0.4) is 0 Å². The first-order chi connectivity index (χ1) is 7.76. The van der Waals surface area contributed by atoms with Crippen LogP contribution >= 0.6 is 0 Å². The van der Waals surface area contributed by atoms with E-state index >= 15 is 0 Å². The molecule has 1 fully saturated rings. The van der Waals surface area contributed by atoms with Crippen molar-refractivity contribution in [2.45, 2.75) is 33.2 Å². The van der Waals surface area contributed by atoms with Crippen molar-refractivity contribution in [1.82, 2.24) is 9.80 Å². The second-order valence-corrected chi connectivity index (χ2v) is 5.42. The molecule has 1 unspecified atom stereocenters. The highest BCUT2D eigenvalue weighted by molar-refractivity contribution is 5.79. The van der Waals surface area contributed by atoms with Crippen molar-refractivity contribution in [1.29, 1.82) is 0 Å². The molecule has 1 heterocycles. The number of carboxylic acids is 1. The average molecular weight is 242 g/mol. The Labute approximate surface area is 102 Å². The molecule has 1 atom stereocenters. The van der Waals surface area contributed by atoms with Crippen LogP contribution in [0.5, 0.6) is 0 Å². The van der Waals surface area contributed by atoms with Gasteiger partial charge in [-0.2, -0.15) is 0 Å². The van der Waals surface area contributed by atoms with Crippen LogP contribution in [0, 0.1) is 5.41 Å². The smallest absolute Gasteiger partial charge is 0.310 e. The van der Waals surface area contributed by atoms with Gasteiger partial charge in [-0.1, -0.05) is 0 Å². The first-order valence-electron chi connectivity index (χ1n) is 5.97. The van der Waals surface area contributed by atoms with Gasteiger partial charge in [0.05, 0.1) is 12.0 Å². The fourth-order valence-corrected chi connectivity index (χ4v) is 1.96. The fourth-order valence-electron chi connectivity index (χ4n) is 1.96. The van der Waals surface area contributed by atoms with Crippen LogP contribution in [-0.2, 0) is 9.59 Å². The van der Waals surface area contributed by atoms with Crippen molar-refractivity contribution in [3.63, 3.8) is 0 Å². The Morgan fingerprint density at radius 3 is 2.47 bits per heavy atom. The molecule has 1 amide bonds. The highest BCUT2D eigenvalue weighted by Crippen LogP contribution is 2.29. The first-order valence-corrected chi connectivity index (χ1v) is 5.97. The summed E-state index contributed by atoms with van der Waals surface area (Å²) in [5, 5.41) is 9.10. The number of rotatable bonds is 4. The molecule has 0 aromatic rings. The van der Waals surface area contributed by atoms with Gasteiger partial charge in [0.2, 0.25) is 5.91 Å². The second kappa shape index (κ2) is 5.04. The lowest BCUT2D eigenvalue weighted by molar-refractivity contribution is -0.147. The molecule has 5 nitrogen and oxygen atoms in total. The normalized spacial score (nSPS) is 25.2. The van der Waals surface area contributed by atoms with Gasteiger partial charge < -0.3 is 10.0 Å². The Kier molecular flexibility index (Phi) is 4.14. The van der Waals surface area contributed by atoms with E-state index in [-0.39, 0.29) is 11.9 Å². The molecule has 0 aromatic carbocycles. The van der Waals surface area contributed by atoms with Gasteiger partial charge in [0, 0.05) is 19.6 Å². The van der Waals surface area contributed by atoms with Gasteiger partial charge in [-0.3, -0.25) is 14.5 Å². The molecular formula is C12H22N2O3. The summed E-state index contributed by atoms with van der Waals surface area (Å²) in [6.45, 7) is 7.12. The monoisotopic (exact) mass is 242 g/mol. The van der Waals surface area contributed by atoms with Crippen molar-refractivity contribution in [2.24, 2.45) is 5.41 Å². The molecule has 5 heteroatoms. The zero-order valence-corrected chi connectivity index (χ0v) is 11.1. The summed E-state index contributed by atoms with van der Waals surface area (Å²) in [4.78, 5) is 26.5. The number of carbonyl (C=O) groups excluding carboxylic acids is 1. The van der Waals surface area contributed by atoms with Crippen molar-refractivity contribution < 1.29 is 14.7 Å². The Hall–Kier alpha value is -1.10. The molecule has 0 saturated carbocycles. The average Bonchev–Trinajstić information content (AvgIpc) is 2.60. The van der Waals surface area contributed by atoms with E-state index < -0.39 is 11.4 Å². The van der Waals surface area contributed by atoms with Gasteiger partial charge in [-0.25, -0.2) is 0 Å². The zero-order chi connectivity index (χ0) is 13.2. The molecule has 1 N–H and O–H groups in total. The minimum absolute atomic E-state index is 0.0506. The molecule has 1 aliphatic rings. The predicted molar refractivity (Wildman–Crippen MR) is 64.7 cm³/mol. The number of nitrogens with zero attached hydrogens (tertiary/aromatic N) is 2. The highest BCUT2D eigenvalue weighted by atomic mass is 16.4. The zero-order valence-electron chi connectivity index (χ0n) is 11.1. The summed E-state index contributed by atoms with van der Waals surface area (Å²) in [6.07, 6.45) is 0.612. The van der Waals surface area contributed by atoms with Gasteiger partial charge in [-0.05, 0) is 33.7 Å². The van der Waals surface area contributed by atoms with Gasteiger partial charge in [-0.15, -0.1) is 0 Å². The van der Waals surface area contributed by atoms with Gasteiger partial charge in [0.1, 0.15) is 0 Å². The SMILES string of the molecule is CC(C)N(C)C(=O)CN1CCC(C)(C(=O)O)C1. The summed E-state index contributed by atoms with van der Waals surface area (Å²) in [5.41, 5.74) is -0.698. The number of aliphatic carboxylic acids is 1. The summed E-state index contributed by atoms with van der Waals surface area (Å²) in [7, 11) is 1.78. The van der Waals surface area contributed by atoms with E-state index in [4.69, 9.17) is 5.11 Å². The van der Waals surface area contributed by atoms with E-state index in [1.807, 2.05) is 18.7 Å². The summed E-state index contributed by atoms with van der Waals surface area (Å²) in [5.74, 6) is -0.723. The summed E-state index contributed by atoms with van der Waals surface area (Å²) in [6, 6.07) is 0.177. The highest BCUT2D eigenvalue weighted by Gasteiger charge is 2.40. The van der Waals surface area contributed by atoms with Crippen molar-refractivity contribution in [3.8, 4) is 0 Å². The molecule has 0 aliphatic carbocycles. The van der Waals surface area contributed by atoms with Crippen molar-refractivity contribution >= 4 is 11.9 Å². The number of amides is 1. The molecule has 1 rings (SSSR count). The molecule has 0 radical (unpaired) electrons. The van der Waals surface area contributed by atoms with E-state index in [9.17, 15) is 9.59 Å². The number of hydrogen-bond donors (Lipinski definition) is 1. The minimum atomic E-state index is -0.773. The van der Waals surface area contributed by atoms with Crippen LogP contribution in [-0.4, -0.2) is 59.5 Å². The predicted octanol–water partition coefficient (Wildman–Crippen LogP) is 0.650. The van der Waals surface area contributed by atoms with Gasteiger partial charge in [0.15, 0.2) is 0 Å². The van der Waals surface area contributed by atoms with E-state index in [2.05, 4.69) is 0 Å². The molecule has 0 aromatic heterocycles. The standard InChI is InChI=1S/C12H22N2O3/c1-9(2)13(4)10(15)7-14-6-5-12(3,8-14)11(16)17/h9H,5-8H2,1-4H3,(H,16,17). The number of likely N-dealkylation sites (N-methyl/N-ethyl adjacent to an activating group) is 1. The molecule has 98 valence electrons. The summed E-state index contributed by atoms with van der Waals surface area (Å²) >= 11 is 0. The Balaban J connectivity index is 2.51. The van der Waals surface area contributed by atoms with Gasteiger partial charge >= 0.3 is 5.97 Å². The van der Waals surface area contributed by atoms with Gasteiger partial charge in [0.25, 0.3) is 0 Å². The van der Waals surface area contributed by atoms with Crippen LogP contribution in [0.4, 0.5) is 0 Å². The maximum atomic E-state index is 11.9. The van der Waals surface area contributed by atoms with Crippen molar-refractivity contribution in [2.75, 3.05) is 26.7 Å². The maximum absolute atomic E-state index is 11.9. The number of likely N-dealkylation sites (tertiary alicyclic amines) is 1. The minimum Gasteiger partial charge on any atom is -0.481 e. The molecule has 0 bridgehead atoms. The second-order valence-electron chi connectivity index (χ2n) is 5.42. The number of hydrogen-bond acceptors (Lipinski definition) is 3. The van der Waals surface area contributed by atoms with E-state index in [1.54, 1.807) is 18.9 Å². The summed E-state index contributed by atoms with van der Waals surface area (Å²) < 4.78 is 0. The topological polar surface area (TPSA) is 60.9 Å². The lowest BCUT2D eigenvalue weighted by atomic mass is 9.90. The Morgan fingerprint density at radius 2 is 2.06 bits per heavy atom. The van der Waals surface area contributed by atoms with Crippen LogP contribution in [0.1, 0.15) is 27.2 Å². The van der Waals surface area contributed by atoms with Crippen LogP contribution in [0.2, 0.25) is 0 Å². The maximum Gasteiger partial charge on any atom is 0.310 e. The van der Waals surface area contributed by atoms with Crippen LogP contribution in [0.25, 0.3) is 0 Å². The number of carbonyl (C=O) groups is 2. The van der Waals surface area contributed by atoms with Crippen LogP contribution < -0.4 is 0 Å². The van der Waals surface area contributed by atoms with E-state index in [0.29, 0.717) is 26.1 Å². The van der Waals surface area contributed by atoms with Crippen LogP contribution in [0.15, 0.2) is 0 Å². The Morgan fingerprint density at radius 1 is 1.47 bits per heavy atom. The lowest BCUT2D eigenvalue weighted by Crippen LogP contribution is -2.41. The lowest BCUT2D eigenvalue weighted by Gasteiger charge is -2.25. The molecule has 1 aliphatic heterocycles. The number of carboxylic acid groups (broad SMARTS) is 1. The quantitative estimate of drug-likeness (QED) is 0.786. The Bertz CT molecular complexity index is 317.